The SMILES string of the molecule is C=P(C)(C)CC[C@H]1OC(n2c(Br)nc3c(N)ccnc32)[C@H](O)[C@@H]1O. The van der Waals surface area contributed by atoms with Crippen LogP contribution in [0.3, 0.4) is 0 Å². The minimum atomic E-state index is -1.23. The van der Waals surface area contributed by atoms with Gasteiger partial charge in [0.1, 0.15) is 17.7 Å². The van der Waals surface area contributed by atoms with Gasteiger partial charge in [-0.25, -0.2) is 9.97 Å². The Hall–Kier alpha value is -0.920. The van der Waals surface area contributed by atoms with Gasteiger partial charge in [-0.3, -0.25) is 4.57 Å². The number of fused-ring (bicyclic) bond motifs is 1. The summed E-state index contributed by atoms with van der Waals surface area (Å²) in [4.78, 5) is 8.63. The van der Waals surface area contributed by atoms with Crippen molar-refractivity contribution >= 4 is 46.0 Å². The monoisotopic (exact) mass is 416 g/mol. The van der Waals surface area contributed by atoms with Gasteiger partial charge in [-0.2, -0.15) is 0 Å². The maximum absolute atomic E-state index is 10.5. The molecule has 0 saturated carbocycles. The summed E-state index contributed by atoms with van der Waals surface area (Å²) in [6, 6.07) is 1.66. The van der Waals surface area contributed by atoms with E-state index >= 15 is 0 Å². The van der Waals surface area contributed by atoms with Crippen LogP contribution in [0, 0.1) is 0 Å². The molecule has 2 aromatic rings. The first-order valence-electron chi connectivity index (χ1n) is 7.66. The Morgan fingerprint density at radius 1 is 1.42 bits per heavy atom. The van der Waals surface area contributed by atoms with Gasteiger partial charge in [0, 0.05) is 6.20 Å². The van der Waals surface area contributed by atoms with E-state index in [1.165, 1.54) is 0 Å². The van der Waals surface area contributed by atoms with Crippen LogP contribution in [-0.2, 0) is 4.74 Å². The number of aliphatic hydroxyl groups is 2. The zero-order valence-electron chi connectivity index (χ0n) is 13.6. The van der Waals surface area contributed by atoms with Crippen LogP contribution in [0.4, 0.5) is 5.69 Å². The molecule has 0 spiro atoms. The highest BCUT2D eigenvalue weighted by atomic mass is 79.9. The summed E-state index contributed by atoms with van der Waals surface area (Å²) in [6.45, 7) is 3.04. The molecule has 0 bridgehead atoms. The van der Waals surface area contributed by atoms with E-state index in [1.807, 2.05) is 0 Å². The van der Waals surface area contributed by atoms with Crippen molar-refractivity contribution in [3.05, 3.63) is 17.0 Å². The lowest BCUT2D eigenvalue weighted by molar-refractivity contribution is -0.0365. The third kappa shape index (κ3) is 3.26. The lowest BCUT2D eigenvalue weighted by Crippen LogP contribution is -2.32. The predicted molar refractivity (Wildman–Crippen MR) is 101 cm³/mol. The Morgan fingerprint density at radius 2 is 2.12 bits per heavy atom. The lowest BCUT2D eigenvalue weighted by atomic mass is 10.1. The van der Waals surface area contributed by atoms with Gasteiger partial charge in [0.15, 0.2) is 16.6 Å². The van der Waals surface area contributed by atoms with E-state index in [0.29, 0.717) is 28.0 Å². The zero-order valence-corrected chi connectivity index (χ0v) is 16.1. The number of rotatable bonds is 4. The van der Waals surface area contributed by atoms with E-state index in [2.05, 4.69) is 45.5 Å². The summed E-state index contributed by atoms with van der Waals surface area (Å²) in [5.74, 6) is 0. The molecule has 24 heavy (non-hydrogen) atoms. The van der Waals surface area contributed by atoms with E-state index in [0.717, 1.165) is 6.16 Å². The highest BCUT2D eigenvalue weighted by Gasteiger charge is 2.44. The normalized spacial score (nSPS) is 27.9. The van der Waals surface area contributed by atoms with Gasteiger partial charge in [0.2, 0.25) is 0 Å². The van der Waals surface area contributed by atoms with Gasteiger partial charge in [0.25, 0.3) is 0 Å². The number of imidazole rings is 1. The molecule has 4 N–H and O–H groups in total. The summed E-state index contributed by atoms with van der Waals surface area (Å²) < 4.78 is 8.03. The molecule has 7 nitrogen and oxygen atoms in total. The molecule has 3 heterocycles. The number of pyridine rings is 1. The number of anilines is 1. The van der Waals surface area contributed by atoms with E-state index in [1.54, 1.807) is 16.8 Å². The molecular weight excluding hydrogens is 395 g/mol. The quantitative estimate of drug-likeness (QED) is 0.651. The molecule has 4 atom stereocenters. The topological polar surface area (TPSA) is 106 Å². The minimum Gasteiger partial charge on any atom is -0.397 e. The molecule has 0 aromatic carbocycles. The predicted octanol–water partition coefficient (Wildman–Crippen LogP) is 1.49. The number of aromatic nitrogens is 3. The first kappa shape index (κ1) is 17.9. The number of aliphatic hydroxyl groups excluding tert-OH is 2. The Morgan fingerprint density at radius 3 is 2.79 bits per heavy atom. The zero-order chi connectivity index (χ0) is 17.6. The van der Waals surface area contributed by atoms with Crippen LogP contribution >= 0.6 is 22.8 Å². The largest absolute Gasteiger partial charge is 0.397 e. The molecule has 0 aliphatic carbocycles. The van der Waals surface area contributed by atoms with Crippen LogP contribution in [0.1, 0.15) is 12.6 Å². The summed E-state index contributed by atoms with van der Waals surface area (Å²) in [5, 5.41) is 20.8. The Kier molecular flexibility index (Phi) is 4.79. The smallest absolute Gasteiger partial charge is 0.181 e. The number of nitrogen functional groups attached to an aromatic ring is 1. The average molecular weight is 417 g/mol. The fourth-order valence-electron chi connectivity index (χ4n) is 2.87. The third-order valence-electron chi connectivity index (χ3n) is 4.18. The first-order valence-corrected chi connectivity index (χ1v) is 11.5. The van der Waals surface area contributed by atoms with Crippen LogP contribution in [0.5, 0.6) is 0 Å². The van der Waals surface area contributed by atoms with Crippen molar-refractivity contribution in [2.45, 2.75) is 31.0 Å². The Balaban J connectivity index is 1.92. The maximum Gasteiger partial charge on any atom is 0.181 e. The van der Waals surface area contributed by atoms with Crippen LogP contribution in [0.15, 0.2) is 17.0 Å². The van der Waals surface area contributed by atoms with Gasteiger partial charge >= 0.3 is 0 Å². The molecule has 132 valence electrons. The van der Waals surface area contributed by atoms with Gasteiger partial charge < -0.3 is 20.7 Å². The first-order chi connectivity index (χ1) is 11.2. The fourth-order valence-corrected chi connectivity index (χ4v) is 4.37. The Labute approximate surface area is 149 Å². The highest BCUT2D eigenvalue weighted by molar-refractivity contribution is 9.10. The van der Waals surface area contributed by atoms with Crippen molar-refractivity contribution in [2.24, 2.45) is 0 Å². The summed E-state index contributed by atoms with van der Waals surface area (Å²) in [6.07, 6.45) is 4.02. The van der Waals surface area contributed by atoms with Gasteiger partial charge in [-0.1, -0.05) is 0 Å². The molecule has 1 aliphatic heterocycles. The third-order valence-corrected chi connectivity index (χ3v) is 6.21. The number of nitrogens with zero attached hydrogens (tertiary/aromatic N) is 3. The Bertz CT molecular complexity index is 805. The number of hydrogen-bond acceptors (Lipinski definition) is 6. The number of ether oxygens (including phenoxy) is 1. The van der Waals surface area contributed by atoms with Crippen molar-refractivity contribution in [1.82, 2.24) is 14.5 Å². The van der Waals surface area contributed by atoms with Crippen molar-refractivity contribution < 1.29 is 14.9 Å². The number of nitrogens with two attached hydrogens (primary N) is 1. The van der Waals surface area contributed by atoms with Crippen LogP contribution in [0.2, 0.25) is 0 Å². The van der Waals surface area contributed by atoms with Crippen LogP contribution < -0.4 is 5.73 Å². The molecule has 9 heteroatoms. The number of hydrogen-bond donors (Lipinski definition) is 3. The average Bonchev–Trinajstić information content (AvgIpc) is 2.96. The van der Waals surface area contributed by atoms with Crippen molar-refractivity contribution in [3.63, 3.8) is 0 Å². The molecule has 1 fully saturated rings. The highest BCUT2D eigenvalue weighted by Crippen LogP contribution is 2.40. The second-order valence-corrected chi connectivity index (χ2v) is 11.8. The summed E-state index contributed by atoms with van der Waals surface area (Å²) >= 11 is 3.37. The van der Waals surface area contributed by atoms with Crippen LogP contribution in [-0.4, -0.2) is 68.9 Å². The van der Waals surface area contributed by atoms with Crippen LogP contribution in [0.25, 0.3) is 11.2 Å². The fraction of sp³-hybridized carbons (Fsp3) is 0.533. The molecule has 0 amide bonds. The molecule has 1 saturated heterocycles. The standard InChI is InChI=1S/C15H22BrN4O3P/c1-24(2,3)7-5-9-11(21)12(22)14(23-9)20-13-10(19-15(20)16)8(17)4-6-18-13/h4,6,9,11-12,14,21-22H,1,5,7H2,2-3H3,(H2,17,18)/t9-,11-,12-,14?/m1/s1. The minimum absolute atomic E-state index is 0.448. The molecule has 0 radical (unpaired) electrons. The van der Waals surface area contributed by atoms with E-state index in [9.17, 15) is 10.2 Å². The van der Waals surface area contributed by atoms with E-state index in [-0.39, 0.29) is 0 Å². The molecule has 1 aliphatic rings. The number of halogens is 1. The van der Waals surface area contributed by atoms with E-state index < -0.39 is 31.4 Å². The lowest BCUT2D eigenvalue weighted by Gasteiger charge is -2.19. The van der Waals surface area contributed by atoms with Gasteiger partial charge in [-0.15, -0.1) is 13.2 Å². The molecule has 1 unspecified atom stereocenters. The second-order valence-electron chi connectivity index (χ2n) is 6.82. The van der Waals surface area contributed by atoms with Gasteiger partial charge in [-0.05, 0) is 47.9 Å². The molecule has 3 rings (SSSR count). The molecular formula is C15H22BrN4O3P. The maximum atomic E-state index is 10.5. The van der Waals surface area contributed by atoms with Crippen molar-refractivity contribution in [2.75, 3.05) is 25.2 Å². The van der Waals surface area contributed by atoms with Crippen molar-refractivity contribution in [1.29, 1.82) is 0 Å². The van der Waals surface area contributed by atoms with E-state index in [4.69, 9.17) is 10.5 Å². The molecule has 2 aromatic heterocycles. The summed E-state index contributed by atoms with van der Waals surface area (Å²) in [5.41, 5.74) is 7.46. The van der Waals surface area contributed by atoms with Crippen molar-refractivity contribution in [3.8, 4) is 0 Å². The second kappa shape index (κ2) is 6.42. The summed E-state index contributed by atoms with van der Waals surface area (Å²) in [7, 11) is 0. The van der Waals surface area contributed by atoms with Gasteiger partial charge in [0.05, 0.1) is 11.8 Å².